The summed E-state index contributed by atoms with van der Waals surface area (Å²) in [6, 6.07) is 7.70. The molecule has 0 aromatic heterocycles. The van der Waals surface area contributed by atoms with Crippen molar-refractivity contribution in [1.82, 2.24) is 0 Å². The molecule has 0 unspecified atom stereocenters. The molecule has 0 heterocycles. The molecular formula is C20H33NO2. The fraction of sp³-hybridized carbons (Fsp3) is 0.650. The third-order valence-electron chi connectivity index (χ3n) is 4.19. The molecule has 1 N–H and O–H groups in total. The van der Waals surface area contributed by atoms with Gasteiger partial charge in [-0.25, -0.2) is 0 Å². The quantitative estimate of drug-likeness (QED) is 0.204. The molecule has 0 amide bonds. The van der Waals surface area contributed by atoms with E-state index in [-0.39, 0.29) is 0 Å². The van der Waals surface area contributed by atoms with Gasteiger partial charge >= 0.3 is 0 Å². The van der Waals surface area contributed by atoms with Crippen LogP contribution in [0, 0.1) is 0 Å². The minimum Gasteiger partial charge on any atom is -0.494 e. The molecule has 0 spiro atoms. The van der Waals surface area contributed by atoms with Crippen molar-refractivity contribution in [2.24, 2.45) is 5.16 Å². The molecule has 0 radical (unpaired) electrons. The first-order chi connectivity index (χ1) is 11.3. The van der Waals surface area contributed by atoms with E-state index in [2.05, 4.69) is 12.1 Å². The maximum absolute atomic E-state index is 8.73. The van der Waals surface area contributed by atoms with Crippen molar-refractivity contribution in [3.8, 4) is 5.75 Å². The molecule has 23 heavy (non-hydrogen) atoms. The molecule has 1 aromatic rings. The van der Waals surface area contributed by atoms with Gasteiger partial charge in [0.05, 0.1) is 12.3 Å². The standard InChI is InChI=1S/C20H33NO2/c1-3-4-5-6-7-8-9-10-11-12-17-23-20-15-13-19(14-16-20)18(2)21-22/h13-16,22H,3-12,17H2,1-2H3/b21-18-. The Morgan fingerprint density at radius 3 is 1.91 bits per heavy atom. The summed E-state index contributed by atoms with van der Waals surface area (Å²) in [5.74, 6) is 0.885. The number of nitrogens with zero attached hydrogens (tertiary/aromatic N) is 1. The fourth-order valence-corrected chi connectivity index (χ4v) is 2.63. The maximum atomic E-state index is 8.73. The van der Waals surface area contributed by atoms with E-state index < -0.39 is 0 Å². The summed E-state index contributed by atoms with van der Waals surface area (Å²) in [6.07, 6.45) is 13.4. The minimum absolute atomic E-state index is 0.617. The molecule has 3 nitrogen and oxygen atoms in total. The molecule has 0 saturated heterocycles. The van der Waals surface area contributed by atoms with Crippen molar-refractivity contribution < 1.29 is 9.94 Å². The highest BCUT2D eigenvalue weighted by Crippen LogP contribution is 2.14. The Labute approximate surface area is 141 Å². The zero-order chi connectivity index (χ0) is 16.8. The second-order valence-corrected chi connectivity index (χ2v) is 6.24. The molecule has 0 bridgehead atoms. The fourth-order valence-electron chi connectivity index (χ4n) is 2.63. The number of unbranched alkanes of at least 4 members (excludes halogenated alkanes) is 9. The van der Waals surface area contributed by atoms with E-state index >= 15 is 0 Å². The summed E-state index contributed by atoms with van der Waals surface area (Å²) in [5, 5.41) is 11.9. The summed E-state index contributed by atoms with van der Waals surface area (Å²) in [6.45, 7) is 4.82. The first kappa shape index (κ1) is 19.5. The molecule has 1 rings (SSSR count). The molecule has 0 aliphatic carbocycles. The largest absolute Gasteiger partial charge is 0.494 e. The van der Waals surface area contributed by atoms with Gasteiger partial charge in [0, 0.05) is 0 Å². The summed E-state index contributed by atoms with van der Waals surface area (Å²) in [5.41, 5.74) is 1.53. The van der Waals surface area contributed by atoms with Gasteiger partial charge in [-0.15, -0.1) is 0 Å². The first-order valence-electron chi connectivity index (χ1n) is 9.19. The number of benzene rings is 1. The molecular weight excluding hydrogens is 286 g/mol. The van der Waals surface area contributed by atoms with Crippen molar-refractivity contribution >= 4 is 5.71 Å². The van der Waals surface area contributed by atoms with Gasteiger partial charge in [0.15, 0.2) is 0 Å². The number of hydrogen-bond donors (Lipinski definition) is 1. The molecule has 130 valence electrons. The Morgan fingerprint density at radius 1 is 0.870 bits per heavy atom. The Morgan fingerprint density at radius 2 is 1.39 bits per heavy atom. The summed E-state index contributed by atoms with van der Waals surface area (Å²) in [7, 11) is 0. The Bertz CT molecular complexity index is 426. The second-order valence-electron chi connectivity index (χ2n) is 6.24. The Hall–Kier alpha value is -1.51. The second kappa shape index (κ2) is 13.0. The smallest absolute Gasteiger partial charge is 0.119 e. The lowest BCUT2D eigenvalue weighted by atomic mass is 10.1. The van der Waals surface area contributed by atoms with E-state index in [0.717, 1.165) is 24.3 Å². The molecule has 0 atom stereocenters. The van der Waals surface area contributed by atoms with Crippen LogP contribution in [-0.4, -0.2) is 17.5 Å². The van der Waals surface area contributed by atoms with Gasteiger partial charge in [-0.05, 0) is 43.2 Å². The Kier molecular flexibility index (Phi) is 11.0. The monoisotopic (exact) mass is 319 g/mol. The van der Waals surface area contributed by atoms with Gasteiger partial charge in [0.2, 0.25) is 0 Å². The average molecular weight is 319 g/mol. The van der Waals surface area contributed by atoms with Crippen molar-refractivity contribution in [1.29, 1.82) is 0 Å². The van der Waals surface area contributed by atoms with Gasteiger partial charge in [0.25, 0.3) is 0 Å². The van der Waals surface area contributed by atoms with Crippen LogP contribution in [0.25, 0.3) is 0 Å². The van der Waals surface area contributed by atoms with Crippen LogP contribution in [0.2, 0.25) is 0 Å². The van der Waals surface area contributed by atoms with Crippen LogP contribution in [0.4, 0.5) is 0 Å². The van der Waals surface area contributed by atoms with Gasteiger partial charge in [0.1, 0.15) is 5.75 Å². The molecule has 3 heteroatoms. The normalized spacial score (nSPS) is 11.7. The van der Waals surface area contributed by atoms with Crippen molar-refractivity contribution in [3.63, 3.8) is 0 Å². The maximum Gasteiger partial charge on any atom is 0.119 e. The molecule has 1 aromatic carbocycles. The van der Waals surface area contributed by atoms with E-state index in [1.54, 1.807) is 6.92 Å². The number of rotatable bonds is 13. The van der Waals surface area contributed by atoms with Crippen molar-refractivity contribution in [2.75, 3.05) is 6.61 Å². The van der Waals surface area contributed by atoms with Gasteiger partial charge in [-0.3, -0.25) is 0 Å². The predicted octanol–water partition coefficient (Wildman–Crippen LogP) is 6.18. The van der Waals surface area contributed by atoms with Gasteiger partial charge in [-0.1, -0.05) is 69.9 Å². The lowest BCUT2D eigenvalue weighted by Gasteiger charge is -2.07. The number of ether oxygens (including phenoxy) is 1. The highest BCUT2D eigenvalue weighted by atomic mass is 16.5. The lowest BCUT2D eigenvalue weighted by Crippen LogP contribution is -1.98. The number of oxime groups is 1. The Balaban J connectivity index is 1.99. The average Bonchev–Trinajstić information content (AvgIpc) is 2.59. The zero-order valence-electron chi connectivity index (χ0n) is 14.9. The van der Waals surface area contributed by atoms with Crippen LogP contribution < -0.4 is 4.74 Å². The third-order valence-corrected chi connectivity index (χ3v) is 4.19. The molecule has 0 aliphatic rings. The van der Waals surface area contributed by atoms with Crippen molar-refractivity contribution in [2.45, 2.75) is 78.1 Å². The van der Waals surface area contributed by atoms with E-state index in [9.17, 15) is 0 Å². The van der Waals surface area contributed by atoms with Crippen LogP contribution in [0.3, 0.4) is 0 Å². The summed E-state index contributed by atoms with van der Waals surface area (Å²) >= 11 is 0. The van der Waals surface area contributed by atoms with E-state index in [0.29, 0.717) is 5.71 Å². The predicted molar refractivity (Wildman–Crippen MR) is 97.8 cm³/mol. The van der Waals surface area contributed by atoms with E-state index in [4.69, 9.17) is 9.94 Å². The molecule has 0 aliphatic heterocycles. The van der Waals surface area contributed by atoms with E-state index in [1.165, 1.54) is 57.8 Å². The minimum atomic E-state index is 0.617. The lowest BCUT2D eigenvalue weighted by molar-refractivity contribution is 0.304. The highest BCUT2D eigenvalue weighted by Gasteiger charge is 1.99. The van der Waals surface area contributed by atoms with Crippen LogP contribution >= 0.6 is 0 Å². The van der Waals surface area contributed by atoms with Crippen LogP contribution in [-0.2, 0) is 0 Å². The highest BCUT2D eigenvalue weighted by molar-refractivity contribution is 5.98. The first-order valence-corrected chi connectivity index (χ1v) is 9.19. The number of hydrogen-bond acceptors (Lipinski definition) is 3. The van der Waals surface area contributed by atoms with Crippen molar-refractivity contribution in [3.05, 3.63) is 29.8 Å². The van der Waals surface area contributed by atoms with Crippen LogP contribution in [0.1, 0.15) is 83.6 Å². The summed E-state index contributed by atoms with van der Waals surface area (Å²) < 4.78 is 5.74. The van der Waals surface area contributed by atoms with Crippen LogP contribution in [0.5, 0.6) is 5.75 Å². The van der Waals surface area contributed by atoms with Crippen LogP contribution in [0.15, 0.2) is 29.4 Å². The topological polar surface area (TPSA) is 41.8 Å². The van der Waals surface area contributed by atoms with Gasteiger partial charge in [-0.2, -0.15) is 0 Å². The summed E-state index contributed by atoms with van der Waals surface area (Å²) in [4.78, 5) is 0. The molecule has 0 fully saturated rings. The van der Waals surface area contributed by atoms with E-state index in [1.807, 2.05) is 24.3 Å². The SMILES string of the molecule is CCCCCCCCCCCCOc1ccc(/C(C)=N\O)cc1. The zero-order valence-corrected chi connectivity index (χ0v) is 14.9. The molecule has 0 saturated carbocycles. The van der Waals surface area contributed by atoms with Gasteiger partial charge < -0.3 is 9.94 Å². The third kappa shape index (κ3) is 9.27.